The summed E-state index contributed by atoms with van der Waals surface area (Å²) in [5, 5.41) is 4.84. The number of ether oxygens (including phenoxy) is 1. The molecule has 22 heavy (non-hydrogen) atoms. The zero-order chi connectivity index (χ0) is 15.5. The molecule has 2 aromatic rings. The molecule has 1 unspecified atom stereocenters. The van der Waals surface area contributed by atoms with Crippen molar-refractivity contribution >= 4 is 16.9 Å². The zero-order valence-electron chi connectivity index (χ0n) is 13.3. The van der Waals surface area contributed by atoms with Crippen molar-refractivity contribution in [3.8, 4) is 0 Å². The molecule has 1 aromatic carbocycles. The van der Waals surface area contributed by atoms with Crippen LogP contribution in [-0.4, -0.2) is 29.1 Å². The quantitative estimate of drug-likeness (QED) is 0.838. The van der Waals surface area contributed by atoms with Crippen molar-refractivity contribution in [1.29, 1.82) is 0 Å². The van der Waals surface area contributed by atoms with Crippen molar-refractivity contribution in [2.45, 2.75) is 44.7 Å². The van der Waals surface area contributed by atoms with Crippen LogP contribution in [0, 0.1) is 5.92 Å². The standard InChI is InChI=1S/C18H22N2O2/c1-4-22-17(21)16-15-11-9-19-13-7-5-6-10(14(11)13)8-12(15)18(2,3)20-16/h5-7,9,12,15-16,19-20H,4,8H2,1-3H3/t12-,15+,16?/m1/s1. The van der Waals surface area contributed by atoms with Crippen LogP contribution in [0.3, 0.4) is 0 Å². The summed E-state index contributed by atoms with van der Waals surface area (Å²) in [7, 11) is 0. The van der Waals surface area contributed by atoms with E-state index in [1.54, 1.807) is 0 Å². The van der Waals surface area contributed by atoms with Crippen LogP contribution < -0.4 is 5.32 Å². The molecule has 3 atom stereocenters. The maximum Gasteiger partial charge on any atom is 0.323 e. The third-order valence-corrected chi connectivity index (χ3v) is 5.41. The van der Waals surface area contributed by atoms with Gasteiger partial charge in [0.05, 0.1) is 6.61 Å². The van der Waals surface area contributed by atoms with Gasteiger partial charge in [0.15, 0.2) is 0 Å². The van der Waals surface area contributed by atoms with E-state index < -0.39 is 0 Å². The Bertz CT molecular complexity index is 747. The van der Waals surface area contributed by atoms with Gasteiger partial charge in [-0.1, -0.05) is 12.1 Å². The first kappa shape index (κ1) is 13.8. The minimum atomic E-state index is -0.257. The molecule has 2 N–H and O–H groups in total. The molecule has 0 saturated carbocycles. The van der Waals surface area contributed by atoms with Crippen molar-refractivity contribution in [3.63, 3.8) is 0 Å². The lowest BCUT2D eigenvalue weighted by Crippen LogP contribution is -2.44. The number of nitrogens with one attached hydrogen (secondary N) is 2. The van der Waals surface area contributed by atoms with Crippen LogP contribution in [0.4, 0.5) is 0 Å². The van der Waals surface area contributed by atoms with E-state index in [1.807, 2.05) is 6.92 Å². The summed E-state index contributed by atoms with van der Waals surface area (Å²) in [5.74, 6) is 0.449. The van der Waals surface area contributed by atoms with Gasteiger partial charge in [-0.05, 0) is 50.3 Å². The van der Waals surface area contributed by atoms with Crippen LogP contribution in [0.5, 0.6) is 0 Å². The smallest absolute Gasteiger partial charge is 0.323 e. The molecule has 1 aliphatic heterocycles. The number of hydrogen-bond donors (Lipinski definition) is 2. The van der Waals surface area contributed by atoms with Crippen LogP contribution >= 0.6 is 0 Å². The fourth-order valence-corrected chi connectivity index (χ4v) is 4.45. The maximum atomic E-state index is 12.4. The second-order valence-electron chi connectivity index (χ2n) is 7.02. The lowest BCUT2D eigenvalue weighted by molar-refractivity contribution is -0.145. The molecule has 0 spiro atoms. The summed E-state index contributed by atoms with van der Waals surface area (Å²) in [6.07, 6.45) is 3.09. The van der Waals surface area contributed by atoms with Crippen molar-refractivity contribution in [1.82, 2.24) is 10.3 Å². The Labute approximate surface area is 130 Å². The highest BCUT2D eigenvalue weighted by Gasteiger charge is 2.53. The number of carbonyl (C=O) groups is 1. The lowest BCUT2D eigenvalue weighted by atomic mass is 9.70. The number of rotatable bonds is 2. The third-order valence-electron chi connectivity index (χ3n) is 5.41. The molecular formula is C18H22N2O2. The van der Waals surface area contributed by atoms with Gasteiger partial charge >= 0.3 is 5.97 Å². The van der Waals surface area contributed by atoms with Gasteiger partial charge in [-0.25, -0.2) is 0 Å². The molecule has 2 aliphatic rings. The lowest BCUT2D eigenvalue weighted by Gasteiger charge is -2.33. The van der Waals surface area contributed by atoms with Crippen molar-refractivity contribution in [2.75, 3.05) is 6.61 Å². The minimum Gasteiger partial charge on any atom is -0.465 e. The van der Waals surface area contributed by atoms with E-state index in [4.69, 9.17) is 4.74 Å². The summed E-state index contributed by atoms with van der Waals surface area (Å²) < 4.78 is 5.32. The van der Waals surface area contributed by atoms with Crippen LogP contribution in [0.1, 0.15) is 37.8 Å². The molecule has 1 fully saturated rings. The third kappa shape index (κ3) is 1.76. The molecular weight excluding hydrogens is 276 g/mol. The fourth-order valence-electron chi connectivity index (χ4n) is 4.45. The highest BCUT2D eigenvalue weighted by molar-refractivity contribution is 5.90. The number of hydrogen-bond acceptors (Lipinski definition) is 3. The van der Waals surface area contributed by atoms with E-state index in [9.17, 15) is 4.79 Å². The Hall–Kier alpha value is -1.81. The van der Waals surface area contributed by atoms with E-state index in [0.29, 0.717) is 12.5 Å². The highest BCUT2D eigenvalue weighted by Crippen LogP contribution is 2.50. The molecule has 0 amide bonds. The summed E-state index contributed by atoms with van der Waals surface area (Å²) in [5.41, 5.74) is 3.73. The molecule has 0 bridgehead atoms. The van der Waals surface area contributed by atoms with Crippen LogP contribution in [0.25, 0.3) is 10.9 Å². The summed E-state index contributed by atoms with van der Waals surface area (Å²) in [6, 6.07) is 6.17. The van der Waals surface area contributed by atoms with Gasteiger partial charge in [-0.2, -0.15) is 0 Å². The van der Waals surface area contributed by atoms with E-state index in [-0.39, 0.29) is 23.5 Å². The Morgan fingerprint density at radius 1 is 1.41 bits per heavy atom. The van der Waals surface area contributed by atoms with Gasteiger partial charge in [0.2, 0.25) is 0 Å². The van der Waals surface area contributed by atoms with E-state index in [2.05, 4.69) is 48.5 Å². The largest absolute Gasteiger partial charge is 0.465 e. The number of aromatic nitrogens is 1. The average molecular weight is 298 g/mol. The molecule has 4 nitrogen and oxygen atoms in total. The van der Waals surface area contributed by atoms with Crippen molar-refractivity contribution in [3.05, 3.63) is 35.5 Å². The molecule has 4 rings (SSSR count). The van der Waals surface area contributed by atoms with Crippen LogP contribution in [0.2, 0.25) is 0 Å². The van der Waals surface area contributed by atoms with Gasteiger partial charge in [0, 0.05) is 28.6 Å². The first-order chi connectivity index (χ1) is 10.5. The van der Waals surface area contributed by atoms with E-state index in [0.717, 1.165) is 6.42 Å². The van der Waals surface area contributed by atoms with E-state index in [1.165, 1.54) is 22.0 Å². The van der Waals surface area contributed by atoms with Crippen LogP contribution in [-0.2, 0) is 16.0 Å². The number of carbonyl (C=O) groups excluding carboxylic acids is 1. The Balaban J connectivity index is 1.86. The van der Waals surface area contributed by atoms with Gasteiger partial charge in [0.25, 0.3) is 0 Å². The second-order valence-corrected chi connectivity index (χ2v) is 7.02. The summed E-state index contributed by atoms with van der Waals surface area (Å²) >= 11 is 0. The van der Waals surface area contributed by atoms with E-state index >= 15 is 0 Å². The Morgan fingerprint density at radius 3 is 3.00 bits per heavy atom. The first-order valence-corrected chi connectivity index (χ1v) is 8.06. The van der Waals surface area contributed by atoms with Gasteiger partial charge in [-0.3, -0.25) is 10.1 Å². The number of aromatic amines is 1. The minimum absolute atomic E-state index is 0.0841. The Kier molecular flexibility index (Phi) is 2.89. The molecule has 1 saturated heterocycles. The van der Waals surface area contributed by atoms with Crippen molar-refractivity contribution in [2.24, 2.45) is 5.92 Å². The molecule has 2 heterocycles. The summed E-state index contributed by atoms with van der Waals surface area (Å²) in [4.78, 5) is 15.8. The first-order valence-electron chi connectivity index (χ1n) is 8.06. The molecule has 116 valence electrons. The van der Waals surface area contributed by atoms with Gasteiger partial charge < -0.3 is 9.72 Å². The summed E-state index contributed by atoms with van der Waals surface area (Å²) in [6.45, 7) is 6.68. The van der Waals surface area contributed by atoms with Gasteiger partial charge in [-0.15, -0.1) is 0 Å². The zero-order valence-corrected chi connectivity index (χ0v) is 13.3. The molecule has 1 aliphatic carbocycles. The number of H-pyrrole nitrogens is 1. The fraction of sp³-hybridized carbons (Fsp3) is 0.500. The monoisotopic (exact) mass is 298 g/mol. The van der Waals surface area contributed by atoms with Crippen molar-refractivity contribution < 1.29 is 9.53 Å². The normalized spacial score (nSPS) is 28.6. The molecule has 4 heteroatoms. The predicted octanol–water partition coefficient (Wildman–Crippen LogP) is 2.74. The number of fused-ring (bicyclic) bond motifs is 2. The van der Waals surface area contributed by atoms with Crippen LogP contribution in [0.15, 0.2) is 24.4 Å². The predicted molar refractivity (Wildman–Crippen MR) is 85.9 cm³/mol. The number of esters is 1. The highest BCUT2D eigenvalue weighted by atomic mass is 16.5. The Morgan fingerprint density at radius 2 is 2.23 bits per heavy atom. The average Bonchev–Trinajstić information content (AvgIpc) is 3.01. The number of benzene rings is 1. The molecule has 0 radical (unpaired) electrons. The molecule has 1 aromatic heterocycles. The SMILES string of the molecule is CCOC(=O)C1NC(C)(C)[C@@H]2Cc3cccc4[nH]cc(c34)[C@H]12. The second kappa shape index (κ2) is 4.59. The topological polar surface area (TPSA) is 54.1 Å². The maximum absolute atomic E-state index is 12.4. The van der Waals surface area contributed by atoms with Gasteiger partial charge in [0.1, 0.15) is 6.04 Å².